The van der Waals surface area contributed by atoms with Gasteiger partial charge in [0.2, 0.25) is 0 Å². The van der Waals surface area contributed by atoms with Gasteiger partial charge in [-0.1, -0.05) is 36.2 Å². The summed E-state index contributed by atoms with van der Waals surface area (Å²) in [5.41, 5.74) is 3.08. The standard InChI is InChI=1S/C11H12Cl2F3NO/c1-2-10(17-18-6-11(14,15)16)7-3-4-8(12)9(13)5-7/h3-5,10,17H,2,6H2,1H3. The zero-order chi connectivity index (χ0) is 13.8. The SMILES string of the molecule is CCC(NOCC(F)(F)F)c1ccc(Cl)c(Cl)c1. The number of rotatable bonds is 5. The average Bonchev–Trinajstić information content (AvgIpc) is 2.27. The van der Waals surface area contributed by atoms with Gasteiger partial charge in [-0.3, -0.25) is 4.84 Å². The Morgan fingerprint density at radius 2 is 1.94 bits per heavy atom. The molecule has 1 atom stereocenters. The first-order valence-electron chi connectivity index (χ1n) is 5.22. The molecule has 1 unspecified atom stereocenters. The lowest BCUT2D eigenvalue weighted by atomic mass is 10.1. The molecular weight excluding hydrogens is 290 g/mol. The molecule has 102 valence electrons. The van der Waals surface area contributed by atoms with Crippen molar-refractivity contribution >= 4 is 23.2 Å². The molecule has 18 heavy (non-hydrogen) atoms. The van der Waals surface area contributed by atoms with E-state index in [0.29, 0.717) is 22.0 Å². The summed E-state index contributed by atoms with van der Waals surface area (Å²) in [6, 6.07) is 4.50. The Hall–Kier alpha value is -0.490. The normalized spacial score (nSPS) is 13.7. The smallest absolute Gasteiger partial charge is 0.292 e. The van der Waals surface area contributed by atoms with Crippen molar-refractivity contribution in [1.82, 2.24) is 5.48 Å². The van der Waals surface area contributed by atoms with Crippen molar-refractivity contribution in [3.05, 3.63) is 33.8 Å². The summed E-state index contributed by atoms with van der Waals surface area (Å²) in [6.07, 6.45) is -3.81. The molecule has 0 aliphatic heterocycles. The van der Waals surface area contributed by atoms with Crippen LogP contribution in [-0.4, -0.2) is 12.8 Å². The van der Waals surface area contributed by atoms with Crippen LogP contribution in [0.15, 0.2) is 18.2 Å². The van der Waals surface area contributed by atoms with Gasteiger partial charge in [0.15, 0.2) is 6.61 Å². The van der Waals surface area contributed by atoms with Crippen molar-refractivity contribution in [3.63, 3.8) is 0 Å². The highest BCUT2D eigenvalue weighted by molar-refractivity contribution is 6.42. The molecule has 0 radical (unpaired) electrons. The Kier molecular flexibility index (Phi) is 5.72. The fraction of sp³-hybridized carbons (Fsp3) is 0.455. The molecule has 0 amide bonds. The number of hydroxylamine groups is 1. The van der Waals surface area contributed by atoms with E-state index in [0.717, 1.165) is 0 Å². The molecule has 1 N–H and O–H groups in total. The van der Waals surface area contributed by atoms with E-state index in [1.807, 2.05) is 6.92 Å². The summed E-state index contributed by atoms with van der Waals surface area (Å²) in [7, 11) is 0. The van der Waals surface area contributed by atoms with Gasteiger partial charge in [0, 0.05) is 0 Å². The predicted octanol–water partition coefficient (Wildman–Crippen LogP) is 4.53. The van der Waals surface area contributed by atoms with E-state index in [9.17, 15) is 13.2 Å². The molecule has 1 rings (SSSR count). The highest BCUT2D eigenvalue weighted by Crippen LogP contribution is 2.27. The summed E-state index contributed by atoms with van der Waals surface area (Å²) in [4.78, 5) is 4.42. The van der Waals surface area contributed by atoms with E-state index in [1.165, 1.54) is 0 Å². The number of nitrogens with one attached hydrogen (secondary N) is 1. The van der Waals surface area contributed by atoms with Gasteiger partial charge >= 0.3 is 6.18 Å². The first-order valence-corrected chi connectivity index (χ1v) is 5.98. The third-order valence-corrected chi connectivity index (χ3v) is 2.95. The van der Waals surface area contributed by atoms with Gasteiger partial charge in [0.25, 0.3) is 0 Å². The minimum absolute atomic E-state index is 0.352. The van der Waals surface area contributed by atoms with Crippen LogP contribution in [0.4, 0.5) is 13.2 Å². The Morgan fingerprint density at radius 1 is 1.28 bits per heavy atom. The van der Waals surface area contributed by atoms with Gasteiger partial charge in [-0.25, -0.2) is 0 Å². The second-order valence-electron chi connectivity index (χ2n) is 3.66. The first kappa shape index (κ1) is 15.6. The van der Waals surface area contributed by atoms with Crippen LogP contribution in [0.2, 0.25) is 10.0 Å². The topological polar surface area (TPSA) is 21.3 Å². The third-order valence-electron chi connectivity index (χ3n) is 2.22. The average molecular weight is 302 g/mol. The number of halogens is 5. The van der Waals surface area contributed by atoms with E-state index in [-0.39, 0.29) is 6.04 Å². The number of benzene rings is 1. The lowest BCUT2D eigenvalue weighted by molar-refractivity contribution is -0.193. The largest absolute Gasteiger partial charge is 0.413 e. The van der Waals surface area contributed by atoms with Gasteiger partial charge < -0.3 is 0 Å². The second kappa shape index (κ2) is 6.61. The number of hydrogen-bond acceptors (Lipinski definition) is 2. The van der Waals surface area contributed by atoms with Crippen LogP contribution >= 0.6 is 23.2 Å². The molecule has 7 heteroatoms. The van der Waals surface area contributed by atoms with Crippen LogP contribution in [0, 0.1) is 0 Å². The molecule has 0 heterocycles. The minimum atomic E-state index is -4.36. The van der Waals surface area contributed by atoms with E-state index in [4.69, 9.17) is 23.2 Å². The van der Waals surface area contributed by atoms with Gasteiger partial charge in [-0.2, -0.15) is 18.7 Å². The fourth-order valence-corrected chi connectivity index (χ4v) is 1.65. The molecule has 0 saturated carbocycles. The maximum absolute atomic E-state index is 11.9. The van der Waals surface area contributed by atoms with Crippen molar-refractivity contribution in [2.24, 2.45) is 0 Å². The molecule has 1 aromatic carbocycles. The fourth-order valence-electron chi connectivity index (χ4n) is 1.34. The number of hydrogen-bond donors (Lipinski definition) is 1. The molecule has 0 saturated heterocycles. The van der Waals surface area contributed by atoms with Crippen molar-refractivity contribution in [2.45, 2.75) is 25.6 Å². The first-order chi connectivity index (χ1) is 8.33. The van der Waals surface area contributed by atoms with E-state index in [2.05, 4.69) is 10.3 Å². The zero-order valence-corrected chi connectivity index (χ0v) is 11.0. The minimum Gasteiger partial charge on any atom is -0.292 e. The number of alkyl halides is 3. The quantitative estimate of drug-likeness (QED) is 0.807. The van der Waals surface area contributed by atoms with Crippen LogP contribution in [0.5, 0.6) is 0 Å². The molecule has 0 bridgehead atoms. The maximum Gasteiger partial charge on any atom is 0.413 e. The van der Waals surface area contributed by atoms with Gasteiger partial charge in [-0.05, 0) is 24.1 Å². The van der Waals surface area contributed by atoms with Gasteiger partial charge in [-0.15, -0.1) is 0 Å². The molecule has 1 aromatic rings. The maximum atomic E-state index is 11.9. The summed E-state index contributed by atoms with van der Waals surface area (Å²) in [5.74, 6) is 0. The zero-order valence-electron chi connectivity index (χ0n) is 9.52. The van der Waals surface area contributed by atoms with Crippen LogP contribution in [0.3, 0.4) is 0 Å². The molecule has 0 aliphatic rings. The summed E-state index contributed by atoms with van der Waals surface area (Å²) in [6.45, 7) is 0.474. The summed E-state index contributed by atoms with van der Waals surface area (Å²) < 4.78 is 35.8. The van der Waals surface area contributed by atoms with E-state index in [1.54, 1.807) is 18.2 Å². The Balaban J connectivity index is 2.63. The summed E-state index contributed by atoms with van der Waals surface area (Å²) in [5, 5.41) is 0.747. The Bertz CT molecular complexity index is 398. The lowest BCUT2D eigenvalue weighted by Crippen LogP contribution is -2.27. The van der Waals surface area contributed by atoms with Crippen LogP contribution in [0.25, 0.3) is 0 Å². The van der Waals surface area contributed by atoms with Crippen LogP contribution in [-0.2, 0) is 4.84 Å². The molecule has 0 fully saturated rings. The highest BCUT2D eigenvalue weighted by Gasteiger charge is 2.28. The van der Waals surface area contributed by atoms with Gasteiger partial charge in [0.1, 0.15) is 0 Å². The lowest BCUT2D eigenvalue weighted by Gasteiger charge is -2.18. The monoisotopic (exact) mass is 301 g/mol. The van der Waals surface area contributed by atoms with Crippen molar-refractivity contribution in [3.8, 4) is 0 Å². The molecule has 0 aliphatic carbocycles. The third kappa shape index (κ3) is 5.02. The molecular formula is C11H12Cl2F3NO. The van der Waals surface area contributed by atoms with Crippen molar-refractivity contribution in [2.75, 3.05) is 6.61 Å². The van der Waals surface area contributed by atoms with E-state index >= 15 is 0 Å². The van der Waals surface area contributed by atoms with Crippen LogP contribution in [0.1, 0.15) is 24.9 Å². The van der Waals surface area contributed by atoms with Gasteiger partial charge in [0.05, 0.1) is 16.1 Å². The van der Waals surface area contributed by atoms with E-state index < -0.39 is 12.8 Å². The predicted molar refractivity (Wildman–Crippen MR) is 64.6 cm³/mol. The molecule has 2 nitrogen and oxygen atoms in total. The summed E-state index contributed by atoms with van der Waals surface area (Å²) >= 11 is 11.6. The van der Waals surface area contributed by atoms with Crippen LogP contribution < -0.4 is 5.48 Å². The van der Waals surface area contributed by atoms with Crippen molar-refractivity contribution in [1.29, 1.82) is 0 Å². The van der Waals surface area contributed by atoms with Crippen molar-refractivity contribution < 1.29 is 18.0 Å². The highest BCUT2D eigenvalue weighted by atomic mass is 35.5. The molecule has 0 spiro atoms. The molecule has 0 aromatic heterocycles. The Morgan fingerprint density at radius 3 is 2.44 bits per heavy atom. The second-order valence-corrected chi connectivity index (χ2v) is 4.47. The Labute approximate surface area is 113 Å².